The quantitative estimate of drug-likeness (QED) is 0.526. The minimum absolute atomic E-state index is 0.157. The van der Waals surface area contributed by atoms with Gasteiger partial charge < -0.3 is 14.8 Å². The third-order valence-corrected chi connectivity index (χ3v) is 4.44. The highest BCUT2D eigenvalue weighted by atomic mass is 79.9. The third-order valence-electron chi connectivity index (χ3n) is 3.36. The number of H-pyrrole nitrogens is 1. The fourth-order valence-electron chi connectivity index (χ4n) is 2.18. The lowest BCUT2D eigenvalue weighted by molar-refractivity contribution is 0.0995. The van der Waals surface area contributed by atoms with Gasteiger partial charge in [0.25, 0.3) is 5.91 Å². The molecule has 0 spiro atoms. The summed E-state index contributed by atoms with van der Waals surface area (Å²) in [5.74, 6) is -0.0250. The van der Waals surface area contributed by atoms with Gasteiger partial charge >= 0.3 is 0 Å². The molecule has 0 fully saturated rings. The largest absolute Gasteiger partial charge is 0.497 e. The van der Waals surface area contributed by atoms with Gasteiger partial charge in [-0.25, -0.2) is 0 Å². The lowest BCUT2D eigenvalue weighted by Crippen LogP contribution is -1.93. The molecule has 0 saturated heterocycles. The number of hydrogen-bond donors (Lipinski definition) is 2. The molecule has 24 heavy (non-hydrogen) atoms. The Morgan fingerprint density at radius 3 is 2.58 bits per heavy atom. The van der Waals surface area contributed by atoms with E-state index in [2.05, 4.69) is 47.1 Å². The van der Waals surface area contributed by atoms with Gasteiger partial charge in [-0.1, -0.05) is 15.9 Å². The van der Waals surface area contributed by atoms with E-state index >= 15 is 0 Å². The van der Waals surface area contributed by atoms with Crippen LogP contribution in [-0.2, 0) is 0 Å². The van der Waals surface area contributed by atoms with Crippen molar-refractivity contribution in [3.8, 4) is 11.6 Å². The topological polar surface area (TPSA) is 87.0 Å². The molecule has 3 rings (SSSR count). The monoisotopic (exact) mass is 451 g/mol. The summed E-state index contributed by atoms with van der Waals surface area (Å²) in [6.07, 6.45) is 0. The molecule has 1 aromatic heterocycles. The molecular formula is C16H11Br2N3O3. The predicted octanol–water partition coefficient (Wildman–Crippen LogP) is 5.33. The van der Waals surface area contributed by atoms with Crippen LogP contribution in [0.15, 0.2) is 55.6 Å². The number of carbonyl (C=O) groups is 1. The molecule has 0 atom stereocenters. The van der Waals surface area contributed by atoms with Crippen molar-refractivity contribution in [1.82, 2.24) is 4.98 Å². The normalized spacial score (nSPS) is 11.3. The number of hydrogen-bond acceptors (Lipinski definition) is 4. The molecule has 122 valence electrons. The van der Waals surface area contributed by atoms with Gasteiger partial charge in [-0.2, -0.15) is 0 Å². The number of fused-ring (bicyclic) bond motifs is 1. The molecule has 0 unspecified atom stereocenters. The van der Waals surface area contributed by atoms with Gasteiger partial charge in [-0.3, -0.25) is 4.79 Å². The first-order chi connectivity index (χ1) is 11.5. The highest BCUT2D eigenvalue weighted by molar-refractivity contribution is 9.11. The maximum atomic E-state index is 12.1. The zero-order valence-electron chi connectivity index (χ0n) is 12.4. The fourth-order valence-corrected chi connectivity index (χ4v) is 3.50. The number of nitrogens with zero attached hydrogens (tertiary/aromatic N) is 2. The Balaban J connectivity index is 1.95. The average Bonchev–Trinajstić information content (AvgIpc) is 2.88. The van der Waals surface area contributed by atoms with Crippen LogP contribution in [0.5, 0.6) is 11.6 Å². The molecule has 1 amide bonds. The lowest BCUT2D eigenvalue weighted by atomic mass is 10.2. The number of rotatable bonds is 3. The Hall–Kier alpha value is -2.19. The number of azo groups is 1. The van der Waals surface area contributed by atoms with Crippen LogP contribution in [0.25, 0.3) is 10.9 Å². The van der Waals surface area contributed by atoms with E-state index in [1.165, 1.54) is 0 Å². The Kier molecular flexibility index (Phi) is 4.68. The van der Waals surface area contributed by atoms with Crippen LogP contribution in [0.2, 0.25) is 0 Å². The summed E-state index contributed by atoms with van der Waals surface area (Å²) in [4.78, 5) is 14.9. The summed E-state index contributed by atoms with van der Waals surface area (Å²) in [7, 11) is 1.55. The highest BCUT2D eigenvalue weighted by Crippen LogP contribution is 2.40. The molecule has 0 aliphatic rings. The van der Waals surface area contributed by atoms with Crippen molar-refractivity contribution in [2.75, 3.05) is 7.11 Å². The Bertz CT molecular complexity index is 949. The molecule has 8 heteroatoms. The Morgan fingerprint density at radius 1 is 1.21 bits per heavy atom. The van der Waals surface area contributed by atoms with Crippen molar-refractivity contribution in [3.05, 3.63) is 50.9 Å². The Morgan fingerprint density at radius 2 is 1.92 bits per heavy atom. The van der Waals surface area contributed by atoms with Crippen molar-refractivity contribution < 1.29 is 14.6 Å². The zero-order valence-corrected chi connectivity index (χ0v) is 15.6. The number of nitrogens with one attached hydrogen (secondary N) is 1. The summed E-state index contributed by atoms with van der Waals surface area (Å²) in [6.45, 7) is 0. The first-order valence-corrected chi connectivity index (χ1v) is 8.38. The van der Waals surface area contributed by atoms with Crippen molar-refractivity contribution in [3.63, 3.8) is 0 Å². The van der Waals surface area contributed by atoms with E-state index in [9.17, 15) is 9.90 Å². The first kappa shape index (κ1) is 16.7. The summed E-state index contributed by atoms with van der Waals surface area (Å²) in [6, 6.07) is 10.1. The average molecular weight is 453 g/mol. The number of aromatic hydroxyl groups is 1. The van der Waals surface area contributed by atoms with E-state index in [4.69, 9.17) is 4.74 Å². The molecule has 0 aliphatic carbocycles. The van der Waals surface area contributed by atoms with Crippen molar-refractivity contribution in [2.45, 2.75) is 0 Å². The number of ether oxygens (including phenoxy) is 1. The maximum Gasteiger partial charge on any atom is 0.295 e. The predicted molar refractivity (Wildman–Crippen MR) is 97.2 cm³/mol. The minimum atomic E-state index is -0.513. The summed E-state index contributed by atoms with van der Waals surface area (Å²) < 4.78 is 6.60. The number of aromatic nitrogens is 1. The Labute approximate surface area is 153 Å². The maximum absolute atomic E-state index is 12.1. The van der Waals surface area contributed by atoms with Crippen LogP contribution in [0, 0.1) is 0 Å². The number of aromatic amines is 1. The highest BCUT2D eigenvalue weighted by Gasteiger charge is 2.14. The van der Waals surface area contributed by atoms with E-state index in [0.717, 1.165) is 8.95 Å². The van der Waals surface area contributed by atoms with Crippen molar-refractivity contribution in [1.29, 1.82) is 0 Å². The van der Waals surface area contributed by atoms with Crippen LogP contribution in [0.4, 0.5) is 5.69 Å². The van der Waals surface area contributed by atoms with Crippen LogP contribution in [0.3, 0.4) is 0 Å². The van der Waals surface area contributed by atoms with Gasteiger partial charge in [0.2, 0.25) is 5.88 Å². The van der Waals surface area contributed by atoms with Crippen molar-refractivity contribution in [2.24, 2.45) is 10.2 Å². The third kappa shape index (κ3) is 3.20. The second-order valence-electron chi connectivity index (χ2n) is 4.87. The second kappa shape index (κ2) is 6.74. The SMILES string of the molecule is COc1ccc(C(=O)N=Nc2c(O)[nH]c3c(Br)cc(Br)cc23)cc1. The minimum Gasteiger partial charge on any atom is -0.497 e. The zero-order chi connectivity index (χ0) is 17.3. The van der Waals surface area contributed by atoms with Gasteiger partial charge in [-0.05, 0) is 52.3 Å². The number of carbonyl (C=O) groups excluding carboxylic acids is 1. The smallest absolute Gasteiger partial charge is 0.295 e. The van der Waals surface area contributed by atoms with E-state index < -0.39 is 5.91 Å². The second-order valence-corrected chi connectivity index (χ2v) is 6.64. The number of halogens is 2. The van der Waals surface area contributed by atoms with Gasteiger partial charge in [0.15, 0.2) is 5.69 Å². The fraction of sp³-hybridized carbons (Fsp3) is 0.0625. The molecule has 0 saturated carbocycles. The van der Waals surface area contributed by atoms with E-state index in [0.29, 0.717) is 22.2 Å². The van der Waals surface area contributed by atoms with E-state index in [1.807, 2.05) is 6.07 Å². The van der Waals surface area contributed by atoms with Crippen molar-refractivity contribution >= 4 is 54.4 Å². The van der Waals surface area contributed by atoms with Gasteiger partial charge in [-0.15, -0.1) is 10.2 Å². The van der Waals surface area contributed by atoms with E-state index in [-0.39, 0.29) is 11.6 Å². The molecule has 1 heterocycles. The number of benzene rings is 2. The van der Waals surface area contributed by atoms with Gasteiger partial charge in [0, 0.05) is 19.9 Å². The molecule has 0 aliphatic heterocycles. The van der Waals surface area contributed by atoms with Gasteiger partial charge in [0.1, 0.15) is 5.75 Å². The molecule has 2 N–H and O–H groups in total. The van der Waals surface area contributed by atoms with E-state index in [1.54, 1.807) is 37.4 Å². The lowest BCUT2D eigenvalue weighted by Gasteiger charge is -1.99. The molecule has 0 radical (unpaired) electrons. The molecular weight excluding hydrogens is 442 g/mol. The van der Waals surface area contributed by atoms with Crippen LogP contribution in [-0.4, -0.2) is 23.1 Å². The van der Waals surface area contributed by atoms with Crippen LogP contribution in [0.1, 0.15) is 10.4 Å². The van der Waals surface area contributed by atoms with Crippen LogP contribution >= 0.6 is 31.9 Å². The van der Waals surface area contributed by atoms with Crippen LogP contribution < -0.4 is 4.74 Å². The number of amides is 1. The molecule has 3 aromatic rings. The summed E-state index contributed by atoms with van der Waals surface area (Å²) in [5.41, 5.74) is 1.25. The standard InChI is InChI=1S/C16H11Br2N3O3/c1-24-10-4-2-8(3-5-10)15(22)21-20-14-11-6-9(17)7-12(18)13(11)19-16(14)23/h2-7,19,23H,1H3. The molecule has 0 bridgehead atoms. The first-order valence-electron chi connectivity index (χ1n) is 6.79. The molecule has 6 nitrogen and oxygen atoms in total. The van der Waals surface area contributed by atoms with Gasteiger partial charge in [0.05, 0.1) is 12.6 Å². The molecule has 2 aromatic carbocycles. The summed E-state index contributed by atoms with van der Waals surface area (Å²) in [5, 5.41) is 18.3. The number of methoxy groups -OCH3 is 1. The summed E-state index contributed by atoms with van der Waals surface area (Å²) >= 11 is 6.78.